The number of nitrogens with zero attached hydrogens (tertiary/aromatic N) is 5. The summed E-state index contributed by atoms with van der Waals surface area (Å²) in [7, 11) is 3.17. The minimum absolute atomic E-state index is 0.0497. The Morgan fingerprint density at radius 1 is 1.17 bits per heavy atom. The van der Waals surface area contributed by atoms with Crippen LogP contribution in [0.1, 0.15) is 45.0 Å². The maximum atomic E-state index is 13.9. The molecule has 14 heteroatoms. The molecular weight excluding hydrogens is 554 g/mol. The predicted octanol–water partition coefficient (Wildman–Crippen LogP) is 5.11. The molecule has 12 nitrogen and oxygen atoms in total. The Bertz CT molecular complexity index is 1640. The Labute approximate surface area is 240 Å². The summed E-state index contributed by atoms with van der Waals surface area (Å²) in [4.78, 5) is 23.0. The number of methoxy groups -OCH3 is 1. The third kappa shape index (κ3) is 6.16. The molecule has 0 bridgehead atoms. The van der Waals surface area contributed by atoms with Crippen molar-refractivity contribution in [2.75, 3.05) is 26.0 Å². The molecule has 1 amide bonds. The summed E-state index contributed by atoms with van der Waals surface area (Å²) in [5, 5.41) is 18.1. The van der Waals surface area contributed by atoms with Gasteiger partial charge in [-0.1, -0.05) is 0 Å². The number of aromatic hydroxyl groups is 1. The van der Waals surface area contributed by atoms with Crippen molar-refractivity contribution in [1.29, 1.82) is 0 Å². The second kappa shape index (κ2) is 11.0. The Hall–Kier alpha value is -4.62. The molecule has 1 aliphatic rings. The van der Waals surface area contributed by atoms with Crippen molar-refractivity contribution in [1.82, 2.24) is 24.5 Å². The third-order valence-corrected chi connectivity index (χ3v) is 6.41. The van der Waals surface area contributed by atoms with Gasteiger partial charge in [-0.05, 0) is 57.9 Å². The van der Waals surface area contributed by atoms with Crippen LogP contribution in [0.25, 0.3) is 16.6 Å². The molecule has 0 saturated heterocycles. The lowest BCUT2D eigenvalue weighted by Gasteiger charge is -2.24. The molecule has 2 aromatic heterocycles. The molecule has 0 aliphatic carbocycles. The molecule has 5 rings (SSSR count). The number of phenols is 1. The SMILES string of the molecule is COc1cc(O)ccc1CNc1nc2c3c(ccc2c2nc(CCCCN(C)C(=O)OC(C)(C)C)nn12)OC(F)(F)O3. The molecule has 0 saturated carbocycles. The number of anilines is 1. The van der Waals surface area contributed by atoms with E-state index in [2.05, 4.69) is 25.1 Å². The first kappa shape index (κ1) is 28.9. The van der Waals surface area contributed by atoms with Gasteiger partial charge in [0, 0.05) is 43.6 Å². The number of aromatic nitrogens is 4. The van der Waals surface area contributed by atoms with E-state index in [4.69, 9.17) is 14.2 Å². The van der Waals surface area contributed by atoms with E-state index in [1.165, 1.54) is 34.7 Å². The lowest BCUT2D eigenvalue weighted by molar-refractivity contribution is -0.286. The highest BCUT2D eigenvalue weighted by Gasteiger charge is 2.45. The van der Waals surface area contributed by atoms with Gasteiger partial charge in [-0.3, -0.25) is 0 Å². The summed E-state index contributed by atoms with van der Waals surface area (Å²) in [6.07, 6.45) is -2.34. The first-order valence-electron chi connectivity index (χ1n) is 13.4. The van der Waals surface area contributed by atoms with Crippen LogP contribution in [0.15, 0.2) is 30.3 Å². The number of phenolic OH excluding ortho intramolecular Hbond substituents is 1. The zero-order valence-electron chi connectivity index (χ0n) is 23.9. The molecular formula is C28H32F2N6O6. The number of aryl methyl sites for hydroxylation is 1. The zero-order chi connectivity index (χ0) is 30.2. The smallest absolute Gasteiger partial charge is 0.508 e. The Morgan fingerprint density at radius 2 is 1.95 bits per heavy atom. The van der Waals surface area contributed by atoms with Crippen molar-refractivity contribution < 1.29 is 37.6 Å². The van der Waals surface area contributed by atoms with E-state index in [0.717, 1.165) is 0 Å². The molecule has 3 heterocycles. The van der Waals surface area contributed by atoms with E-state index in [1.807, 2.05) is 20.8 Å². The van der Waals surface area contributed by atoms with Crippen molar-refractivity contribution >= 4 is 28.6 Å². The molecule has 4 aromatic rings. The number of carbonyl (C=O) groups is 1. The molecule has 1 aliphatic heterocycles. The van der Waals surface area contributed by atoms with Crippen LogP contribution in [-0.2, 0) is 17.7 Å². The first-order valence-corrected chi connectivity index (χ1v) is 13.4. The second-order valence-electron chi connectivity index (χ2n) is 10.9. The van der Waals surface area contributed by atoms with Crippen LogP contribution in [0.2, 0.25) is 0 Å². The number of fused-ring (bicyclic) bond motifs is 5. The normalized spacial score (nSPS) is 13.9. The third-order valence-electron chi connectivity index (χ3n) is 6.41. The number of unbranched alkanes of at least 4 members (excludes halogenated alkanes) is 1. The van der Waals surface area contributed by atoms with Crippen molar-refractivity contribution in [3.05, 3.63) is 41.7 Å². The van der Waals surface area contributed by atoms with Crippen molar-refractivity contribution in [3.63, 3.8) is 0 Å². The van der Waals surface area contributed by atoms with Gasteiger partial charge in [-0.2, -0.15) is 4.52 Å². The summed E-state index contributed by atoms with van der Waals surface area (Å²) >= 11 is 0. The number of carbonyl (C=O) groups excluding carboxylic acids is 1. The highest BCUT2D eigenvalue weighted by Crippen LogP contribution is 2.45. The van der Waals surface area contributed by atoms with Crippen LogP contribution < -0.4 is 19.5 Å². The minimum atomic E-state index is -3.82. The number of ether oxygens (including phenoxy) is 4. The quantitative estimate of drug-likeness (QED) is 0.255. The lowest BCUT2D eigenvalue weighted by Crippen LogP contribution is -2.34. The predicted molar refractivity (Wildman–Crippen MR) is 148 cm³/mol. The van der Waals surface area contributed by atoms with Gasteiger partial charge in [0.25, 0.3) is 0 Å². The van der Waals surface area contributed by atoms with E-state index >= 15 is 0 Å². The minimum Gasteiger partial charge on any atom is -0.508 e. The van der Waals surface area contributed by atoms with Crippen LogP contribution in [0.5, 0.6) is 23.0 Å². The van der Waals surface area contributed by atoms with E-state index in [0.29, 0.717) is 54.0 Å². The van der Waals surface area contributed by atoms with Crippen molar-refractivity contribution in [2.24, 2.45) is 0 Å². The summed E-state index contributed by atoms with van der Waals surface area (Å²) in [5.74, 6) is 0.908. The number of hydrogen-bond donors (Lipinski definition) is 2. The lowest BCUT2D eigenvalue weighted by atomic mass is 10.2. The van der Waals surface area contributed by atoms with Gasteiger partial charge in [0.1, 0.15) is 22.6 Å². The average Bonchev–Trinajstić information content (AvgIpc) is 3.48. The number of nitrogens with one attached hydrogen (secondary N) is 1. The van der Waals surface area contributed by atoms with Crippen molar-refractivity contribution in [2.45, 2.75) is 58.5 Å². The van der Waals surface area contributed by atoms with Crippen LogP contribution in [0.4, 0.5) is 19.5 Å². The molecule has 0 atom stereocenters. The van der Waals surface area contributed by atoms with Crippen LogP contribution >= 0.6 is 0 Å². The van der Waals surface area contributed by atoms with E-state index in [1.54, 1.807) is 19.2 Å². The van der Waals surface area contributed by atoms with Gasteiger partial charge in [-0.15, -0.1) is 13.9 Å². The van der Waals surface area contributed by atoms with Gasteiger partial charge in [-0.25, -0.2) is 14.8 Å². The Morgan fingerprint density at radius 3 is 2.69 bits per heavy atom. The highest BCUT2D eigenvalue weighted by molar-refractivity contribution is 5.97. The van der Waals surface area contributed by atoms with Crippen molar-refractivity contribution in [3.8, 4) is 23.0 Å². The number of hydrogen-bond acceptors (Lipinski definition) is 10. The van der Waals surface area contributed by atoms with E-state index < -0.39 is 18.0 Å². The fourth-order valence-electron chi connectivity index (χ4n) is 4.46. The molecule has 2 N–H and O–H groups in total. The highest BCUT2D eigenvalue weighted by atomic mass is 19.3. The number of halogens is 2. The van der Waals surface area contributed by atoms with Gasteiger partial charge in [0.2, 0.25) is 5.95 Å². The zero-order valence-corrected chi connectivity index (χ0v) is 23.9. The molecule has 42 heavy (non-hydrogen) atoms. The second-order valence-corrected chi connectivity index (χ2v) is 10.9. The fraction of sp³-hybridized carbons (Fsp3) is 0.429. The van der Waals surface area contributed by atoms with Crippen LogP contribution in [0, 0.1) is 0 Å². The van der Waals surface area contributed by atoms with Crippen LogP contribution in [-0.4, -0.2) is 68.3 Å². The molecule has 0 unspecified atom stereocenters. The molecule has 0 fully saturated rings. The summed E-state index contributed by atoms with van der Waals surface area (Å²) < 4.78 is 49.6. The molecule has 0 spiro atoms. The van der Waals surface area contributed by atoms with Crippen LogP contribution in [0.3, 0.4) is 0 Å². The van der Waals surface area contributed by atoms with Gasteiger partial charge in [0.15, 0.2) is 23.0 Å². The standard InChI is InChI=1S/C28H32F2N6O6/c1-27(2,3)42-26(38)35(4)13-7-6-8-21-32-24-18-11-12-19-23(41-28(29,30)40-19)22(18)33-25(36(24)34-21)31-15-16-9-10-17(37)14-20(16)39-5/h9-12,14,37H,6-8,13,15H2,1-5H3,(H,31,33). The topological polar surface area (TPSA) is 133 Å². The van der Waals surface area contributed by atoms with Gasteiger partial charge in [0.05, 0.1) is 7.11 Å². The first-order chi connectivity index (χ1) is 19.8. The van der Waals surface area contributed by atoms with E-state index in [9.17, 15) is 18.7 Å². The Balaban J connectivity index is 1.41. The summed E-state index contributed by atoms with van der Waals surface area (Å²) in [6, 6.07) is 7.67. The molecule has 0 radical (unpaired) electrons. The molecule has 2 aromatic carbocycles. The number of rotatable bonds is 9. The maximum Gasteiger partial charge on any atom is 0.586 e. The molecule has 224 valence electrons. The van der Waals surface area contributed by atoms with Gasteiger partial charge < -0.3 is 34.3 Å². The maximum absolute atomic E-state index is 13.9. The number of benzene rings is 2. The summed E-state index contributed by atoms with van der Waals surface area (Å²) in [5.41, 5.74) is 0.664. The average molecular weight is 587 g/mol. The number of amides is 1. The summed E-state index contributed by atoms with van der Waals surface area (Å²) in [6.45, 7) is 6.15. The Kier molecular flexibility index (Phi) is 7.56. The monoisotopic (exact) mass is 586 g/mol. The van der Waals surface area contributed by atoms with E-state index in [-0.39, 0.29) is 35.3 Å². The largest absolute Gasteiger partial charge is 0.586 e. The van der Waals surface area contributed by atoms with Gasteiger partial charge >= 0.3 is 12.4 Å². The fourth-order valence-corrected chi connectivity index (χ4v) is 4.46. The number of alkyl halides is 2.